The fourth-order valence-electron chi connectivity index (χ4n) is 7.19. The highest BCUT2D eigenvalue weighted by Crippen LogP contribution is 2.69. The first-order valence-corrected chi connectivity index (χ1v) is 10.3. The first kappa shape index (κ1) is 16.3. The summed E-state index contributed by atoms with van der Waals surface area (Å²) in [5, 5.41) is 13.3. The number of hydrogen-bond acceptors (Lipinski definition) is 5. The molecule has 2 saturated carbocycles. The summed E-state index contributed by atoms with van der Waals surface area (Å²) < 4.78 is 19.5. The molecule has 5 heteroatoms. The average molecular weight is 359 g/mol. The van der Waals surface area contributed by atoms with E-state index in [1.54, 1.807) is 0 Å². The molecule has 6 aliphatic rings. The van der Waals surface area contributed by atoms with Crippen LogP contribution in [0, 0.1) is 11.3 Å². The molecule has 4 fully saturated rings. The van der Waals surface area contributed by atoms with Gasteiger partial charge in [0, 0.05) is 17.8 Å². The summed E-state index contributed by atoms with van der Waals surface area (Å²) in [5.41, 5.74) is 2.34. The molecule has 2 saturated heterocycles. The standard InChI is InChI=1S/C21H29NO4/c1-18-5-2-14-10-15-11-16(23)3-6-19(15)8-9-20(14,26-19)17(18)4-7-21(18)24-12-22-13-25-21/h2,10,16-17,22-23H,3-9,11-13H2,1H3/t16-,17-,18+,19+,20-/m1/s1. The minimum atomic E-state index is -0.481. The maximum Gasteiger partial charge on any atom is 0.177 e. The number of hydrogen-bond donors (Lipinski definition) is 2. The van der Waals surface area contributed by atoms with Gasteiger partial charge in [0.2, 0.25) is 0 Å². The van der Waals surface area contributed by atoms with Gasteiger partial charge in [-0.3, -0.25) is 5.32 Å². The number of allylic oxidation sites excluding steroid dienone is 1. The Morgan fingerprint density at radius 2 is 1.96 bits per heavy atom. The molecule has 0 aromatic carbocycles. The molecule has 0 amide bonds. The lowest BCUT2D eigenvalue weighted by Crippen LogP contribution is -2.61. The van der Waals surface area contributed by atoms with Crippen molar-refractivity contribution in [1.82, 2.24) is 5.32 Å². The van der Waals surface area contributed by atoms with Gasteiger partial charge < -0.3 is 19.3 Å². The molecule has 5 atom stereocenters. The Morgan fingerprint density at radius 3 is 2.81 bits per heavy atom. The highest BCUT2D eigenvalue weighted by molar-refractivity contribution is 5.47. The van der Waals surface area contributed by atoms with Crippen LogP contribution in [0.25, 0.3) is 0 Å². The van der Waals surface area contributed by atoms with Gasteiger partial charge in [0.25, 0.3) is 0 Å². The Morgan fingerprint density at radius 1 is 1.12 bits per heavy atom. The molecule has 6 rings (SSSR count). The molecule has 0 radical (unpaired) electrons. The van der Waals surface area contributed by atoms with Gasteiger partial charge in [-0.05, 0) is 56.1 Å². The predicted octanol–water partition coefficient (Wildman–Crippen LogP) is 2.75. The van der Waals surface area contributed by atoms with E-state index in [4.69, 9.17) is 14.2 Å². The van der Waals surface area contributed by atoms with Gasteiger partial charge in [-0.2, -0.15) is 0 Å². The minimum Gasteiger partial charge on any atom is -0.393 e. The lowest BCUT2D eigenvalue weighted by atomic mass is 9.59. The zero-order chi connectivity index (χ0) is 17.6. The summed E-state index contributed by atoms with van der Waals surface area (Å²) in [6.07, 6.45) is 12.4. The van der Waals surface area contributed by atoms with Gasteiger partial charge >= 0.3 is 0 Å². The van der Waals surface area contributed by atoms with Gasteiger partial charge in [-0.1, -0.05) is 19.1 Å². The van der Waals surface area contributed by atoms with Gasteiger partial charge in [0.15, 0.2) is 5.79 Å². The van der Waals surface area contributed by atoms with E-state index < -0.39 is 5.79 Å². The number of rotatable bonds is 0. The molecule has 3 aliphatic carbocycles. The molecule has 0 aromatic rings. The fourth-order valence-corrected chi connectivity index (χ4v) is 7.19. The number of aliphatic hydroxyl groups is 1. The van der Waals surface area contributed by atoms with E-state index in [9.17, 15) is 5.11 Å². The number of fused-ring (bicyclic) bond motifs is 2. The van der Waals surface area contributed by atoms with E-state index in [0.29, 0.717) is 19.4 Å². The largest absolute Gasteiger partial charge is 0.393 e. The number of aliphatic hydroxyl groups excluding tert-OH is 1. The van der Waals surface area contributed by atoms with E-state index in [-0.39, 0.29) is 22.7 Å². The molecule has 3 heterocycles. The van der Waals surface area contributed by atoms with Crippen LogP contribution in [0.15, 0.2) is 23.3 Å². The lowest BCUT2D eigenvalue weighted by molar-refractivity contribution is -0.329. The molecule has 3 spiro atoms. The van der Waals surface area contributed by atoms with Crippen LogP contribution in [0.2, 0.25) is 0 Å². The summed E-state index contributed by atoms with van der Waals surface area (Å²) >= 11 is 0. The number of ether oxygens (including phenoxy) is 3. The van der Waals surface area contributed by atoms with Crippen molar-refractivity contribution >= 4 is 0 Å². The molecule has 3 aliphatic heterocycles. The normalized spacial score (nSPS) is 51.3. The van der Waals surface area contributed by atoms with E-state index in [0.717, 1.165) is 51.4 Å². The van der Waals surface area contributed by atoms with E-state index in [2.05, 4.69) is 24.4 Å². The monoisotopic (exact) mass is 359 g/mol. The highest BCUT2D eigenvalue weighted by atomic mass is 16.7. The van der Waals surface area contributed by atoms with Gasteiger partial charge in [-0.15, -0.1) is 0 Å². The zero-order valence-corrected chi connectivity index (χ0v) is 15.6. The van der Waals surface area contributed by atoms with Crippen molar-refractivity contribution in [3.8, 4) is 0 Å². The maximum atomic E-state index is 10.2. The lowest BCUT2D eigenvalue weighted by Gasteiger charge is -2.56. The Hall–Kier alpha value is -0.720. The molecule has 142 valence electrons. The molecular weight excluding hydrogens is 330 g/mol. The van der Waals surface area contributed by atoms with Crippen LogP contribution < -0.4 is 5.32 Å². The Kier molecular flexibility index (Phi) is 3.13. The van der Waals surface area contributed by atoms with Crippen LogP contribution in [-0.2, 0) is 14.2 Å². The third-order valence-corrected chi connectivity index (χ3v) is 8.54. The molecule has 2 N–H and O–H groups in total. The van der Waals surface area contributed by atoms with Crippen LogP contribution in [0.1, 0.15) is 58.3 Å². The summed E-state index contributed by atoms with van der Waals surface area (Å²) in [7, 11) is 0. The molecular formula is C21H29NO4. The molecule has 0 aromatic heterocycles. The van der Waals surface area contributed by atoms with Crippen LogP contribution in [0.5, 0.6) is 0 Å². The summed E-state index contributed by atoms with van der Waals surface area (Å²) in [6.45, 7) is 3.49. The van der Waals surface area contributed by atoms with Crippen molar-refractivity contribution < 1.29 is 19.3 Å². The summed E-state index contributed by atoms with van der Waals surface area (Å²) in [6, 6.07) is 0. The van der Waals surface area contributed by atoms with Crippen molar-refractivity contribution in [3.05, 3.63) is 23.3 Å². The quantitative estimate of drug-likeness (QED) is 0.696. The van der Waals surface area contributed by atoms with Crippen molar-refractivity contribution in [2.45, 2.75) is 81.4 Å². The number of nitrogens with one attached hydrogen (secondary N) is 1. The second-order valence-corrected chi connectivity index (χ2v) is 9.50. The Labute approximate surface area is 154 Å². The van der Waals surface area contributed by atoms with E-state index in [1.165, 1.54) is 11.1 Å². The first-order valence-electron chi connectivity index (χ1n) is 10.3. The van der Waals surface area contributed by atoms with Gasteiger partial charge in [-0.25, -0.2) is 0 Å². The maximum absolute atomic E-state index is 10.2. The van der Waals surface area contributed by atoms with Crippen LogP contribution >= 0.6 is 0 Å². The average Bonchev–Trinajstić information content (AvgIpc) is 3.11. The minimum absolute atomic E-state index is 0.0519. The molecule has 0 unspecified atom stereocenters. The summed E-state index contributed by atoms with van der Waals surface area (Å²) in [4.78, 5) is 0. The summed E-state index contributed by atoms with van der Waals surface area (Å²) in [5.74, 6) is -0.0527. The topological polar surface area (TPSA) is 60.0 Å². The van der Waals surface area contributed by atoms with Crippen LogP contribution in [-0.4, -0.2) is 41.7 Å². The van der Waals surface area contributed by atoms with Crippen molar-refractivity contribution in [2.24, 2.45) is 11.3 Å². The highest BCUT2D eigenvalue weighted by Gasteiger charge is 2.71. The van der Waals surface area contributed by atoms with Crippen LogP contribution in [0.4, 0.5) is 0 Å². The Bertz CT molecular complexity index is 711. The fraction of sp³-hybridized carbons (Fsp3) is 0.810. The smallest absolute Gasteiger partial charge is 0.177 e. The van der Waals surface area contributed by atoms with Gasteiger partial charge in [0.1, 0.15) is 13.5 Å². The van der Waals surface area contributed by atoms with Crippen molar-refractivity contribution in [1.29, 1.82) is 0 Å². The molecule has 26 heavy (non-hydrogen) atoms. The van der Waals surface area contributed by atoms with Crippen LogP contribution in [0.3, 0.4) is 0 Å². The zero-order valence-electron chi connectivity index (χ0n) is 15.6. The van der Waals surface area contributed by atoms with Gasteiger partial charge in [0.05, 0.1) is 17.3 Å². The van der Waals surface area contributed by atoms with Crippen molar-refractivity contribution in [2.75, 3.05) is 13.5 Å². The SMILES string of the molecule is C[C@]12CC=C3C=C4C[C@H](O)CC[C@]45CC[C@]3(O5)[C@@H]1CCC21OCNCO1. The molecule has 5 nitrogen and oxygen atoms in total. The van der Waals surface area contributed by atoms with E-state index in [1.807, 2.05) is 0 Å². The third-order valence-electron chi connectivity index (χ3n) is 8.54. The van der Waals surface area contributed by atoms with E-state index >= 15 is 0 Å². The second kappa shape index (κ2) is 5.00. The Balaban J connectivity index is 1.45. The third kappa shape index (κ3) is 1.75. The first-order chi connectivity index (χ1) is 12.5. The second-order valence-electron chi connectivity index (χ2n) is 9.50. The molecule has 2 bridgehead atoms. The predicted molar refractivity (Wildman–Crippen MR) is 95.0 cm³/mol. The van der Waals surface area contributed by atoms with Crippen molar-refractivity contribution in [3.63, 3.8) is 0 Å².